The Kier molecular flexibility index (Phi) is 4.52. The first kappa shape index (κ1) is 15.4. The van der Waals surface area contributed by atoms with Gasteiger partial charge in [0, 0.05) is 18.0 Å². The van der Waals surface area contributed by atoms with E-state index in [2.05, 4.69) is 20.3 Å². The summed E-state index contributed by atoms with van der Waals surface area (Å²) >= 11 is 1.37. The van der Waals surface area contributed by atoms with Crippen molar-refractivity contribution in [1.29, 1.82) is 0 Å². The molecule has 1 unspecified atom stereocenters. The zero-order valence-electron chi connectivity index (χ0n) is 12.7. The van der Waals surface area contributed by atoms with Gasteiger partial charge in [0.15, 0.2) is 11.5 Å². The first-order valence-electron chi connectivity index (χ1n) is 7.10. The zero-order valence-corrected chi connectivity index (χ0v) is 13.5. The average molecular weight is 329 g/mol. The number of fused-ring (bicyclic) bond motifs is 1. The second-order valence-corrected chi connectivity index (χ2v) is 5.96. The lowest BCUT2D eigenvalue weighted by Crippen LogP contribution is -2.18. The lowest BCUT2D eigenvalue weighted by atomic mass is 10.2. The predicted octanol–water partition coefficient (Wildman–Crippen LogP) is 2.23. The van der Waals surface area contributed by atoms with E-state index in [0.29, 0.717) is 22.9 Å². The topological polar surface area (TPSA) is 82.3 Å². The number of methoxy groups -OCH3 is 1. The van der Waals surface area contributed by atoms with E-state index in [1.165, 1.54) is 18.9 Å². The van der Waals surface area contributed by atoms with Gasteiger partial charge in [0.1, 0.15) is 10.3 Å². The van der Waals surface area contributed by atoms with E-state index in [-0.39, 0.29) is 11.2 Å². The Balaban J connectivity index is 1.96. The highest BCUT2D eigenvalue weighted by molar-refractivity contribution is 8.00. The van der Waals surface area contributed by atoms with Crippen molar-refractivity contribution in [3.63, 3.8) is 0 Å². The fourth-order valence-corrected chi connectivity index (χ4v) is 3.02. The molecule has 3 aromatic rings. The van der Waals surface area contributed by atoms with Gasteiger partial charge in [-0.15, -0.1) is 10.2 Å². The zero-order chi connectivity index (χ0) is 16.2. The van der Waals surface area contributed by atoms with E-state index in [1.54, 1.807) is 16.9 Å². The molecule has 23 heavy (non-hydrogen) atoms. The van der Waals surface area contributed by atoms with Crippen LogP contribution in [0.2, 0.25) is 0 Å². The largest absolute Gasteiger partial charge is 0.468 e. The summed E-state index contributed by atoms with van der Waals surface area (Å²) in [4.78, 5) is 15.7. The first-order chi connectivity index (χ1) is 11.2. The standard InChI is InChI=1S/C15H15N5O2S/c1-3-11(15(21)22-2)23-13-5-4-12-17-18-14(20(12)19-13)10-6-8-16-9-7-10/h4-9,11H,3H2,1-2H3. The summed E-state index contributed by atoms with van der Waals surface area (Å²) in [5.74, 6) is 0.383. The Hall–Kier alpha value is -2.48. The van der Waals surface area contributed by atoms with Crippen LogP contribution >= 0.6 is 11.8 Å². The molecule has 0 saturated carbocycles. The van der Waals surface area contributed by atoms with Gasteiger partial charge in [0.25, 0.3) is 0 Å². The van der Waals surface area contributed by atoms with Crippen LogP contribution in [0.3, 0.4) is 0 Å². The van der Waals surface area contributed by atoms with Gasteiger partial charge in [-0.1, -0.05) is 18.7 Å². The highest BCUT2D eigenvalue weighted by Crippen LogP contribution is 2.25. The Morgan fingerprint density at radius 2 is 2.04 bits per heavy atom. The number of carbonyl (C=O) groups is 1. The molecule has 1 atom stereocenters. The van der Waals surface area contributed by atoms with Crippen molar-refractivity contribution >= 4 is 23.4 Å². The minimum Gasteiger partial charge on any atom is -0.468 e. The van der Waals surface area contributed by atoms with Crippen molar-refractivity contribution in [2.75, 3.05) is 7.11 Å². The van der Waals surface area contributed by atoms with Crippen molar-refractivity contribution < 1.29 is 9.53 Å². The molecule has 3 heterocycles. The molecular formula is C15H15N5O2S. The summed E-state index contributed by atoms with van der Waals surface area (Å²) in [6.07, 6.45) is 4.05. The van der Waals surface area contributed by atoms with Crippen molar-refractivity contribution in [3.05, 3.63) is 36.7 Å². The summed E-state index contributed by atoms with van der Waals surface area (Å²) in [7, 11) is 1.39. The number of carbonyl (C=O) groups excluding carboxylic acids is 1. The number of nitrogens with zero attached hydrogens (tertiary/aromatic N) is 5. The Morgan fingerprint density at radius 3 is 2.74 bits per heavy atom. The molecule has 3 rings (SSSR count). The lowest BCUT2D eigenvalue weighted by Gasteiger charge is -2.11. The molecule has 8 heteroatoms. The van der Waals surface area contributed by atoms with Gasteiger partial charge in [0.2, 0.25) is 0 Å². The fourth-order valence-electron chi connectivity index (χ4n) is 2.09. The van der Waals surface area contributed by atoms with Gasteiger partial charge in [-0.25, -0.2) is 0 Å². The smallest absolute Gasteiger partial charge is 0.319 e. The summed E-state index contributed by atoms with van der Waals surface area (Å²) < 4.78 is 6.48. The van der Waals surface area contributed by atoms with Gasteiger partial charge in [-0.05, 0) is 30.7 Å². The van der Waals surface area contributed by atoms with Crippen LogP contribution in [0, 0.1) is 0 Å². The van der Waals surface area contributed by atoms with Crippen molar-refractivity contribution in [3.8, 4) is 11.4 Å². The van der Waals surface area contributed by atoms with Crippen molar-refractivity contribution in [1.82, 2.24) is 24.8 Å². The number of ether oxygens (including phenoxy) is 1. The third-order valence-electron chi connectivity index (χ3n) is 3.27. The molecular weight excluding hydrogens is 314 g/mol. The quantitative estimate of drug-likeness (QED) is 0.524. The lowest BCUT2D eigenvalue weighted by molar-refractivity contribution is -0.140. The van der Waals surface area contributed by atoms with E-state index in [9.17, 15) is 4.79 Å². The molecule has 0 N–H and O–H groups in total. The number of aromatic nitrogens is 5. The van der Waals surface area contributed by atoms with Crippen LogP contribution in [0.4, 0.5) is 0 Å². The molecule has 3 aromatic heterocycles. The maximum Gasteiger partial charge on any atom is 0.319 e. The van der Waals surface area contributed by atoms with E-state index in [4.69, 9.17) is 4.74 Å². The molecule has 118 valence electrons. The summed E-state index contributed by atoms with van der Waals surface area (Å²) in [6, 6.07) is 7.36. The van der Waals surface area contributed by atoms with Crippen molar-refractivity contribution in [2.45, 2.75) is 23.6 Å². The molecule has 0 amide bonds. The van der Waals surface area contributed by atoms with Crippen LogP contribution in [-0.2, 0) is 9.53 Å². The number of rotatable bonds is 5. The molecule has 0 aliphatic rings. The molecule has 0 fully saturated rings. The van der Waals surface area contributed by atoms with Crippen LogP contribution in [0.25, 0.3) is 17.0 Å². The molecule has 7 nitrogen and oxygen atoms in total. The molecule has 0 bridgehead atoms. The average Bonchev–Trinajstić information content (AvgIpc) is 3.03. The third kappa shape index (κ3) is 3.16. The third-order valence-corrected chi connectivity index (χ3v) is 4.54. The second-order valence-electron chi connectivity index (χ2n) is 4.74. The molecule has 0 aliphatic heterocycles. The summed E-state index contributed by atoms with van der Waals surface area (Å²) in [5, 5.41) is 13.3. The van der Waals surface area contributed by atoms with E-state index < -0.39 is 0 Å². The molecule has 0 saturated heterocycles. The maximum absolute atomic E-state index is 11.7. The van der Waals surface area contributed by atoms with Gasteiger partial charge in [-0.2, -0.15) is 9.61 Å². The molecule has 0 aromatic carbocycles. The number of pyridine rings is 1. The van der Waals surface area contributed by atoms with E-state index in [1.807, 2.05) is 31.2 Å². The maximum atomic E-state index is 11.7. The monoisotopic (exact) mass is 329 g/mol. The Bertz CT molecular complexity index is 821. The highest BCUT2D eigenvalue weighted by Gasteiger charge is 2.20. The van der Waals surface area contributed by atoms with Crippen molar-refractivity contribution in [2.24, 2.45) is 0 Å². The number of thioether (sulfide) groups is 1. The molecule has 0 spiro atoms. The summed E-state index contributed by atoms with van der Waals surface area (Å²) in [5.41, 5.74) is 1.52. The van der Waals surface area contributed by atoms with Crippen LogP contribution in [-0.4, -0.2) is 43.1 Å². The minimum absolute atomic E-state index is 0.252. The predicted molar refractivity (Wildman–Crippen MR) is 86.0 cm³/mol. The van der Waals surface area contributed by atoms with Crippen LogP contribution in [0.5, 0.6) is 0 Å². The van der Waals surface area contributed by atoms with Gasteiger partial charge < -0.3 is 4.74 Å². The summed E-state index contributed by atoms with van der Waals surface area (Å²) in [6.45, 7) is 1.94. The number of esters is 1. The van der Waals surface area contributed by atoms with Crippen LogP contribution in [0.15, 0.2) is 41.7 Å². The highest BCUT2D eigenvalue weighted by atomic mass is 32.2. The van der Waals surface area contributed by atoms with Crippen LogP contribution < -0.4 is 0 Å². The van der Waals surface area contributed by atoms with Gasteiger partial charge in [-0.3, -0.25) is 9.78 Å². The normalized spacial score (nSPS) is 12.3. The fraction of sp³-hybridized carbons (Fsp3) is 0.267. The Labute approximate surface area is 137 Å². The SMILES string of the molecule is CCC(Sc1ccc2nnc(-c3ccncc3)n2n1)C(=O)OC. The van der Waals surface area contributed by atoms with Gasteiger partial charge in [0.05, 0.1) is 7.11 Å². The van der Waals surface area contributed by atoms with Gasteiger partial charge >= 0.3 is 5.97 Å². The Morgan fingerprint density at radius 1 is 1.26 bits per heavy atom. The number of hydrogen-bond acceptors (Lipinski definition) is 7. The van der Waals surface area contributed by atoms with E-state index in [0.717, 1.165) is 5.56 Å². The molecule has 0 aliphatic carbocycles. The minimum atomic E-state index is -0.286. The first-order valence-corrected chi connectivity index (χ1v) is 7.98. The molecule has 0 radical (unpaired) electrons. The second kappa shape index (κ2) is 6.74. The van der Waals surface area contributed by atoms with Crippen LogP contribution in [0.1, 0.15) is 13.3 Å². The number of hydrogen-bond donors (Lipinski definition) is 0. The van der Waals surface area contributed by atoms with E-state index >= 15 is 0 Å².